The van der Waals surface area contributed by atoms with Crippen LogP contribution in [0, 0.1) is 0 Å². The average molecular weight is 140 g/mol. The number of anilines is 1. The SMILES string of the molecule is CCC(=O)Nc1ncn[nH]1. The highest BCUT2D eigenvalue weighted by atomic mass is 16.1. The van der Waals surface area contributed by atoms with Crippen LogP contribution >= 0.6 is 0 Å². The molecule has 1 aromatic heterocycles. The van der Waals surface area contributed by atoms with Crippen molar-refractivity contribution in [2.75, 3.05) is 5.32 Å². The van der Waals surface area contributed by atoms with Crippen LogP contribution in [-0.4, -0.2) is 21.1 Å². The van der Waals surface area contributed by atoms with Crippen molar-refractivity contribution >= 4 is 11.9 Å². The van der Waals surface area contributed by atoms with E-state index in [9.17, 15) is 4.79 Å². The fourth-order valence-electron chi connectivity index (χ4n) is 0.486. The number of H-pyrrole nitrogens is 1. The maximum atomic E-state index is 10.7. The summed E-state index contributed by atoms with van der Waals surface area (Å²) in [5.74, 6) is 0.323. The van der Waals surface area contributed by atoms with Crippen LogP contribution in [0.1, 0.15) is 13.3 Å². The van der Waals surface area contributed by atoms with Gasteiger partial charge in [-0.2, -0.15) is 10.1 Å². The van der Waals surface area contributed by atoms with E-state index in [1.165, 1.54) is 6.33 Å². The molecule has 2 N–H and O–H groups in total. The number of rotatable bonds is 2. The number of hydrogen-bond acceptors (Lipinski definition) is 3. The number of nitrogens with one attached hydrogen (secondary N) is 2. The van der Waals surface area contributed by atoms with Crippen LogP contribution < -0.4 is 5.32 Å². The Hall–Kier alpha value is -1.39. The minimum Gasteiger partial charge on any atom is -0.295 e. The molecule has 1 heterocycles. The van der Waals surface area contributed by atoms with Gasteiger partial charge in [-0.15, -0.1) is 0 Å². The van der Waals surface area contributed by atoms with Crippen molar-refractivity contribution in [1.29, 1.82) is 0 Å². The van der Waals surface area contributed by atoms with Crippen molar-refractivity contribution in [3.63, 3.8) is 0 Å². The van der Waals surface area contributed by atoms with Gasteiger partial charge in [0.15, 0.2) is 0 Å². The third-order valence-electron chi connectivity index (χ3n) is 0.994. The topological polar surface area (TPSA) is 70.7 Å². The predicted octanol–water partition coefficient (Wildman–Crippen LogP) is 0.153. The molecule has 0 aromatic carbocycles. The third-order valence-corrected chi connectivity index (χ3v) is 0.994. The van der Waals surface area contributed by atoms with E-state index in [0.29, 0.717) is 12.4 Å². The van der Waals surface area contributed by atoms with E-state index in [1.807, 2.05) is 0 Å². The summed E-state index contributed by atoms with van der Waals surface area (Å²) in [6, 6.07) is 0. The maximum Gasteiger partial charge on any atom is 0.226 e. The van der Waals surface area contributed by atoms with Gasteiger partial charge < -0.3 is 0 Å². The molecule has 0 fully saturated rings. The predicted molar refractivity (Wildman–Crippen MR) is 35.3 cm³/mol. The van der Waals surface area contributed by atoms with Gasteiger partial charge in [-0.1, -0.05) is 6.92 Å². The fraction of sp³-hybridized carbons (Fsp3) is 0.400. The first kappa shape index (κ1) is 6.73. The molecular formula is C5H8N4O. The number of amides is 1. The zero-order valence-corrected chi connectivity index (χ0v) is 5.59. The Kier molecular flexibility index (Phi) is 1.99. The smallest absolute Gasteiger partial charge is 0.226 e. The Morgan fingerprint density at radius 1 is 1.90 bits per heavy atom. The van der Waals surface area contributed by atoms with Crippen LogP contribution in [0.4, 0.5) is 5.95 Å². The average Bonchev–Trinajstić information content (AvgIpc) is 2.40. The normalized spacial score (nSPS) is 9.30. The van der Waals surface area contributed by atoms with Gasteiger partial charge in [0.1, 0.15) is 6.33 Å². The lowest BCUT2D eigenvalue weighted by Crippen LogP contribution is -2.10. The van der Waals surface area contributed by atoms with Gasteiger partial charge in [0.2, 0.25) is 11.9 Å². The quantitative estimate of drug-likeness (QED) is 0.614. The molecule has 0 aliphatic rings. The summed E-state index contributed by atoms with van der Waals surface area (Å²) in [5.41, 5.74) is 0. The highest BCUT2D eigenvalue weighted by Gasteiger charge is 1.98. The Balaban J connectivity index is 2.48. The molecule has 0 saturated carbocycles. The summed E-state index contributed by atoms with van der Waals surface area (Å²) >= 11 is 0. The van der Waals surface area contributed by atoms with Gasteiger partial charge in [0.05, 0.1) is 0 Å². The van der Waals surface area contributed by atoms with Gasteiger partial charge in [-0.25, -0.2) is 5.10 Å². The summed E-state index contributed by atoms with van der Waals surface area (Å²) in [7, 11) is 0. The zero-order chi connectivity index (χ0) is 7.40. The number of carbonyl (C=O) groups is 1. The standard InChI is InChI=1S/C5H8N4O/c1-2-4(10)8-5-6-3-7-9-5/h3H,2H2,1H3,(H2,6,7,8,9,10). The molecule has 0 unspecified atom stereocenters. The summed E-state index contributed by atoms with van der Waals surface area (Å²) in [4.78, 5) is 14.4. The second-order valence-electron chi connectivity index (χ2n) is 1.74. The van der Waals surface area contributed by atoms with Crippen LogP contribution in [-0.2, 0) is 4.79 Å². The van der Waals surface area contributed by atoms with Gasteiger partial charge >= 0.3 is 0 Å². The van der Waals surface area contributed by atoms with Crippen molar-refractivity contribution in [2.24, 2.45) is 0 Å². The Morgan fingerprint density at radius 3 is 3.20 bits per heavy atom. The molecule has 1 amide bonds. The summed E-state index contributed by atoms with van der Waals surface area (Å²) in [6.45, 7) is 1.77. The largest absolute Gasteiger partial charge is 0.295 e. The van der Waals surface area contributed by atoms with Crippen LogP contribution in [0.2, 0.25) is 0 Å². The molecule has 1 rings (SSSR count). The lowest BCUT2D eigenvalue weighted by Gasteiger charge is -1.94. The molecule has 0 aliphatic carbocycles. The molecule has 54 valence electrons. The molecule has 0 saturated heterocycles. The fourth-order valence-corrected chi connectivity index (χ4v) is 0.486. The highest BCUT2D eigenvalue weighted by Crippen LogP contribution is 1.92. The first-order valence-electron chi connectivity index (χ1n) is 2.98. The van der Waals surface area contributed by atoms with Crippen molar-refractivity contribution in [2.45, 2.75) is 13.3 Å². The lowest BCUT2D eigenvalue weighted by atomic mass is 10.5. The van der Waals surface area contributed by atoms with Crippen LogP contribution in [0.15, 0.2) is 6.33 Å². The number of aromatic nitrogens is 3. The minimum atomic E-state index is -0.0725. The molecule has 0 spiro atoms. The van der Waals surface area contributed by atoms with Crippen LogP contribution in [0.3, 0.4) is 0 Å². The Labute approximate surface area is 57.9 Å². The summed E-state index contributed by atoms with van der Waals surface area (Å²) in [5, 5.41) is 8.57. The molecule has 10 heavy (non-hydrogen) atoms. The molecule has 0 aliphatic heterocycles. The molecule has 0 atom stereocenters. The van der Waals surface area contributed by atoms with Gasteiger partial charge in [0.25, 0.3) is 0 Å². The van der Waals surface area contributed by atoms with E-state index >= 15 is 0 Å². The molecule has 5 nitrogen and oxygen atoms in total. The number of carbonyl (C=O) groups excluding carboxylic acids is 1. The van der Waals surface area contributed by atoms with Crippen LogP contribution in [0.25, 0.3) is 0 Å². The van der Waals surface area contributed by atoms with E-state index in [2.05, 4.69) is 20.5 Å². The number of aromatic amines is 1. The number of nitrogens with zero attached hydrogens (tertiary/aromatic N) is 2. The van der Waals surface area contributed by atoms with Crippen molar-refractivity contribution in [3.05, 3.63) is 6.33 Å². The number of hydrogen-bond donors (Lipinski definition) is 2. The van der Waals surface area contributed by atoms with E-state index in [-0.39, 0.29) is 5.91 Å². The molecular weight excluding hydrogens is 132 g/mol. The van der Waals surface area contributed by atoms with Crippen molar-refractivity contribution < 1.29 is 4.79 Å². The van der Waals surface area contributed by atoms with E-state index in [4.69, 9.17) is 0 Å². The van der Waals surface area contributed by atoms with Gasteiger partial charge in [0, 0.05) is 6.42 Å². The highest BCUT2D eigenvalue weighted by molar-refractivity contribution is 5.88. The monoisotopic (exact) mass is 140 g/mol. The van der Waals surface area contributed by atoms with E-state index < -0.39 is 0 Å². The Morgan fingerprint density at radius 2 is 2.70 bits per heavy atom. The van der Waals surface area contributed by atoms with E-state index in [0.717, 1.165) is 0 Å². The van der Waals surface area contributed by atoms with E-state index in [1.54, 1.807) is 6.92 Å². The first-order valence-corrected chi connectivity index (χ1v) is 2.98. The van der Waals surface area contributed by atoms with Crippen molar-refractivity contribution in [3.8, 4) is 0 Å². The summed E-state index contributed by atoms with van der Waals surface area (Å²) in [6.07, 6.45) is 1.78. The molecule has 5 heteroatoms. The zero-order valence-electron chi connectivity index (χ0n) is 5.59. The third kappa shape index (κ3) is 1.54. The molecule has 1 aromatic rings. The minimum absolute atomic E-state index is 0.0725. The van der Waals surface area contributed by atoms with Crippen molar-refractivity contribution in [1.82, 2.24) is 15.2 Å². The van der Waals surface area contributed by atoms with Gasteiger partial charge in [-0.05, 0) is 0 Å². The van der Waals surface area contributed by atoms with Crippen LogP contribution in [0.5, 0.6) is 0 Å². The molecule has 0 radical (unpaired) electrons. The first-order chi connectivity index (χ1) is 4.83. The maximum absolute atomic E-state index is 10.7. The molecule has 0 bridgehead atoms. The Bertz CT molecular complexity index is 205. The van der Waals surface area contributed by atoms with Gasteiger partial charge in [-0.3, -0.25) is 10.1 Å². The lowest BCUT2D eigenvalue weighted by molar-refractivity contribution is -0.115. The second kappa shape index (κ2) is 2.95. The second-order valence-corrected chi connectivity index (χ2v) is 1.74. The summed E-state index contributed by atoms with van der Waals surface area (Å²) < 4.78 is 0.